The number of hydrogen-bond donors (Lipinski definition) is 0. The van der Waals surface area contributed by atoms with E-state index in [0.29, 0.717) is 36.8 Å². The van der Waals surface area contributed by atoms with Crippen LogP contribution in [-0.4, -0.2) is 68.8 Å². The smallest absolute Gasteiger partial charge is 0.243 e. The maximum absolute atomic E-state index is 14.6. The summed E-state index contributed by atoms with van der Waals surface area (Å²) < 4.78 is 30.3. The number of rotatable bonds is 7. The zero-order valence-corrected chi connectivity index (χ0v) is 16.4. The molecule has 1 atom stereocenters. The first-order valence-corrected chi connectivity index (χ1v) is 9.49. The summed E-state index contributed by atoms with van der Waals surface area (Å²) in [6.07, 6.45) is 3.55. The number of piperidine rings is 1. The van der Waals surface area contributed by atoms with E-state index in [2.05, 4.69) is 4.90 Å². The molecule has 6 nitrogen and oxygen atoms in total. The summed E-state index contributed by atoms with van der Waals surface area (Å²) in [6, 6.07) is 3.03. The Kier molecular flexibility index (Phi) is 6.22. The van der Waals surface area contributed by atoms with Crippen LogP contribution in [0, 0.1) is 5.82 Å². The van der Waals surface area contributed by atoms with Crippen LogP contribution in [0.15, 0.2) is 12.1 Å². The number of benzene rings is 1. The molecule has 1 aromatic rings. The summed E-state index contributed by atoms with van der Waals surface area (Å²) in [5, 5.41) is 0. The Morgan fingerprint density at radius 2 is 1.74 bits per heavy atom. The number of methoxy groups -OCH3 is 3. The number of amides is 1. The number of hydrogen-bond acceptors (Lipinski definition) is 5. The molecule has 150 valence electrons. The summed E-state index contributed by atoms with van der Waals surface area (Å²) in [7, 11) is 4.67. The minimum atomic E-state index is -0.522. The minimum absolute atomic E-state index is 0.157. The number of nitrogens with zero attached hydrogens (tertiary/aromatic N) is 2. The van der Waals surface area contributed by atoms with Gasteiger partial charge in [-0.25, -0.2) is 4.39 Å². The number of halogens is 1. The molecular formula is C20H29FN2O4. The van der Waals surface area contributed by atoms with Crippen molar-refractivity contribution in [2.75, 3.05) is 47.6 Å². The van der Waals surface area contributed by atoms with E-state index in [1.165, 1.54) is 20.3 Å². The molecular weight excluding hydrogens is 351 g/mol. The van der Waals surface area contributed by atoms with Crippen molar-refractivity contribution in [3.8, 4) is 11.5 Å². The Morgan fingerprint density at radius 1 is 1.07 bits per heavy atom. The first kappa shape index (κ1) is 19.9. The quantitative estimate of drug-likeness (QED) is 0.727. The van der Waals surface area contributed by atoms with Gasteiger partial charge < -0.3 is 19.1 Å². The van der Waals surface area contributed by atoms with Gasteiger partial charge in [-0.2, -0.15) is 0 Å². The van der Waals surface area contributed by atoms with Crippen molar-refractivity contribution >= 4 is 5.91 Å². The first-order valence-electron chi connectivity index (χ1n) is 9.49. The van der Waals surface area contributed by atoms with E-state index in [1.807, 2.05) is 4.90 Å². The molecule has 2 heterocycles. The Hall–Kier alpha value is -1.86. The van der Waals surface area contributed by atoms with Gasteiger partial charge in [0.05, 0.1) is 20.8 Å². The third-order valence-corrected chi connectivity index (χ3v) is 5.81. The van der Waals surface area contributed by atoms with Crippen molar-refractivity contribution < 1.29 is 23.4 Å². The van der Waals surface area contributed by atoms with E-state index in [1.54, 1.807) is 13.2 Å². The molecule has 0 bridgehead atoms. The Labute approximate surface area is 160 Å². The highest BCUT2D eigenvalue weighted by Gasteiger charge is 2.50. The summed E-state index contributed by atoms with van der Waals surface area (Å²) in [5.41, 5.74) is 0.00161. The first-order chi connectivity index (χ1) is 13.1. The van der Waals surface area contributed by atoms with Crippen molar-refractivity contribution in [2.45, 2.75) is 37.8 Å². The third-order valence-electron chi connectivity index (χ3n) is 5.81. The highest BCUT2D eigenvalue weighted by molar-refractivity contribution is 5.87. The van der Waals surface area contributed by atoms with Gasteiger partial charge in [0.1, 0.15) is 11.4 Å². The normalized spacial score (nSPS) is 23.3. The molecule has 7 heteroatoms. The fourth-order valence-corrected chi connectivity index (χ4v) is 4.39. The van der Waals surface area contributed by atoms with Crippen LogP contribution in [0.5, 0.6) is 11.5 Å². The standard InChI is InChI=1S/C20H29FN2O4/c1-25-11-10-22-8-4-6-20(19(22)24)7-5-9-23(20)14-15-12-17(26-2)18(27-3)13-16(15)21/h12-13H,4-11,14H2,1-3H3. The van der Waals surface area contributed by atoms with Crippen LogP contribution in [-0.2, 0) is 16.1 Å². The number of likely N-dealkylation sites (tertiary alicyclic amines) is 2. The van der Waals surface area contributed by atoms with Gasteiger partial charge in [0.2, 0.25) is 5.91 Å². The minimum Gasteiger partial charge on any atom is -0.493 e. The van der Waals surface area contributed by atoms with Gasteiger partial charge in [-0.15, -0.1) is 0 Å². The van der Waals surface area contributed by atoms with Crippen LogP contribution in [0.2, 0.25) is 0 Å². The number of carbonyl (C=O) groups is 1. The predicted molar refractivity (Wildman–Crippen MR) is 99.6 cm³/mol. The summed E-state index contributed by atoms with van der Waals surface area (Å²) >= 11 is 0. The van der Waals surface area contributed by atoms with E-state index in [0.717, 1.165) is 38.8 Å². The predicted octanol–water partition coefficient (Wildman–Crippen LogP) is 2.45. The second-order valence-electron chi connectivity index (χ2n) is 7.24. The molecule has 0 aliphatic carbocycles. The van der Waals surface area contributed by atoms with E-state index in [4.69, 9.17) is 14.2 Å². The molecule has 27 heavy (non-hydrogen) atoms. The summed E-state index contributed by atoms with van der Waals surface area (Å²) in [5.74, 6) is 0.687. The molecule has 0 saturated carbocycles. The Balaban J connectivity index is 1.83. The van der Waals surface area contributed by atoms with Gasteiger partial charge in [0, 0.05) is 38.4 Å². The van der Waals surface area contributed by atoms with Crippen molar-refractivity contribution in [1.82, 2.24) is 9.80 Å². The van der Waals surface area contributed by atoms with Crippen LogP contribution in [0.1, 0.15) is 31.2 Å². The molecule has 1 unspecified atom stereocenters. The van der Waals surface area contributed by atoms with Crippen molar-refractivity contribution in [2.24, 2.45) is 0 Å². The van der Waals surface area contributed by atoms with Crippen LogP contribution < -0.4 is 9.47 Å². The molecule has 1 amide bonds. The second kappa shape index (κ2) is 8.44. The lowest BCUT2D eigenvalue weighted by molar-refractivity contribution is -0.148. The average Bonchev–Trinajstić information content (AvgIpc) is 3.07. The van der Waals surface area contributed by atoms with E-state index >= 15 is 0 Å². The van der Waals surface area contributed by atoms with Gasteiger partial charge in [-0.1, -0.05) is 0 Å². The van der Waals surface area contributed by atoms with Crippen molar-refractivity contribution in [3.05, 3.63) is 23.5 Å². The fourth-order valence-electron chi connectivity index (χ4n) is 4.39. The van der Waals surface area contributed by atoms with E-state index < -0.39 is 5.54 Å². The van der Waals surface area contributed by atoms with Crippen molar-refractivity contribution in [1.29, 1.82) is 0 Å². The van der Waals surface area contributed by atoms with Crippen LogP contribution in [0.25, 0.3) is 0 Å². The zero-order valence-electron chi connectivity index (χ0n) is 16.4. The van der Waals surface area contributed by atoms with Gasteiger partial charge in [0.25, 0.3) is 0 Å². The largest absolute Gasteiger partial charge is 0.493 e. The third kappa shape index (κ3) is 3.75. The molecule has 2 fully saturated rings. The number of ether oxygens (including phenoxy) is 3. The lowest BCUT2D eigenvalue weighted by Gasteiger charge is -2.44. The van der Waals surface area contributed by atoms with E-state index in [9.17, 15) is 9.18 Å². The number of carbonyl (C=O) groups excluding carboxylic acids is 1. The highest BCUT2D eigenvalue weighted by Crippen LogP contribution is 2.40. The Morgan fingerprint density at radius 3 is 2.41 bits per heavy atom. The molecule has 3 rings (SSSR count). The molecule has 2 aliphatic rings. The lowest BCUT2D eigenvalue weighted by Crippen LogP contribution is -2.60. The maximum Gasteiger partial charge on any atom is 0.243 e. The lowest BCUT2D eigenvalue weighted by atomic mass is 9.85. The van der Waals surface area contributed by atoms with Gasteiger partial charge >= 0.3 is 0 Å². The SMILES string of the molecule is COCCN1CCCC2(CCCN2Cc2cc(OC)c(OC)cc2F)C1=O. The topological polar surface area (TPSA) is 51.2 Å². The van der Waals surface area contributed by atoms with Gasteiger partial charge in [-0.3, -0.25) is 9.69 Å². The molecule has 0 N–H and O–H groups in total. The Bertz CT molecular complexity index is 684. The average molecular weight is 380 g/mol. The monoisotopic (exact) mass is 380 g/mol. The summed E-state index contributed by atoms with van der Waals surface area (Å²) in [6.45, 7) is 3.08. The van der Waals surface area contributed by atoms with Gasteiger partial charge in [0.15, 0.2) is 11.5 Å². The molecule has 1 aromatic carbocycles. The van der Waals surface area contributed by atoms with E-state index in [-0.39, 0.29) is 11.7 Å². The summed E-state index contributed by atoms with van der Waals surface area (Å²) in [4.78, 5) is 17.3. The molecule has 0 radical (unpaired) electrons. The molecule has 1 spiro atoms. The van der Waals surface area contributed by atoms with Crippen LogP contribution >= 0.6 is 0 Å². The van der Waals surface area contributed by atoms with Crippen LogP contribution in [0.4, 0.5) is 4.39 Å². The zero-order chi connectivity index (χ0) is 19.4. The maximum atomic E-state index is 14.6. The molecule has 2 aliphatic heterocycles. The van der Waals surface area contributed by atoms with Gasteiger partial charge in [-0.05, 0) is 38.3 Å². The molecule has 2 saturated heterocycles. The van der Waals surface area contributed by atoms with Crippen LogP contribution in [0.3, 0.4) is 0 Å². The second-order valence-corrected chi connectivity index (χ2v) is 7.24. The van der Waals surface area contributed by atoms with Crippen molar-refractivity contribution in [3.63, 3.8) is 0 Å². The molecule has 0 aromatic heterocycles. The fraction of sp³-hybridized carbons (Fsp3) is 0.650. The highest BCUT2D eigenvalue weighted by atomic mass is 19.1.